The first kappa shape index (κ1) is 16.5. The van der Waals surface area contributed by atoms with Crippen LogP contribution in [0.2, 0.25) is 0 Å². The van der Waals surface area contributed by atoms with Crippen LogP contribution in [0.25, 0.3) is 10.9 Å². The molecule has 0 radical (unpaired) electrons. The molecular weight excluding hydrogens is 296 g/mol. The van der Waals surface area contributed by atoms with Gasteiger partial charge in [-0.05, 0) is 23.1 Å². The summed E-state index contributed by atoms with van der Waals surface area (Å²) in [5.41, 5.74) is 12.2. The van der Waals surface area contributed by atoms with Gasteiger partial charge in [-0.1, -0.05) is 32.9 Å². The Kier molecular flexibility index (Phi) is 4.14. The van der Waals surface area contributed by atoms with Gasteiger partial charge in [0, 0.05) is 10.9 Å². The Bertz CT molecular complexity index is 772. The number of aromatic amines is 1. The highest BCUT2D eigenvalue weighted by atomic mass is 16.2. The molecule has 1 heterocycles. The minimum Gasteiger partial charge on any atom is -0.367 e. The number of carbonyl (C=O) groups is 3. The lowest BCUT2D eigenvalue weighted by atomic mass is 9.87. The fraction of sp³-hybridized carbons (Fsp3) is 0.312. The summed E-state index contributed by atoms with van der Waals surface area (Å²) >= 11 is 0. The van der Waals surface area contributed by atoms with Gasteiger partial charge < -0.3 is 21.8 Å². The molecule has 0 saturated heterocycles. The van der Waals surface area contributed by atoms with Gasteiger partial charge in [-0.3, -0.25) is 14.4 Å². The number of hydrogen-bond acceptors (Lipinski definition) is 3. The lowest BCUT2D eigenvalue weighted by Gasteiger charge is -2.18. The monoisotopic (exact) mass is 316 g/mol. The predicted octanol–water partition coefficient (Wildman–Crippen LogP) is 0.534. The quantitative estimate of drug-likeness (QED) is 0.614. The SMILES string of the molecule is CC(C)(C)c1ccc2cc(C(=O)NC(C(N)=O)C(N)=O)[nH]c2c1. The van der Waals surface area contributed by atoms with E-state index in [2.05, 4.69) is 31.1 Å². The van der Waals surface area contributed by atoms with E-state index in [1.165, 1.54) is 0 Å². The van der Waals surface area contributed by atoms with Crippen molar-refractivity contribution >= 4 is 28.6 Å². The molecule has 122 valence electrons. The van der Waals surface area contributed by atoms with Crippen LogP contribution in [0.3, 0.4) is 0 Å². The van der Waals surface area contributed by atoms with Crippen LogP contribution in [0.1, 0.15) is 36.8 Å². The standard InChI is InChI=1S/C16H20N4O3/c1-16(2,3)9-5-4-8-6-11(19-10(8)7-9)15(23)20-12(13(17)21)14(18)22/h4-7,12,19H,1-3H3,(H2,17,21)(H2,18,22)(H,20,23). The molecule has 0 aliphatic heterocycles. The van der Waals surface area contributed by atoms with Crippen LogP contribution in [-0.2, 0) is 15.0 Å². The number of amides is 3. The maximum atomic E-state index is 12.2. The summed E-state index contributed by atoms with van der Waals surface area (Å²) in [7, 11) is 0. The molecular formula is C16H20N4O3. The molecule has 6 N–H and O–H groups in total. The van der Waals surface area contributed by atoms with Crippen LogP contribution in [0, 0.1) is 0 Å². The summed E-state index contributed by atoms with van der Waals surface area (Å²) < 4.78 is 0. The summed E-state index contributed by atoms with van der Waals surface area (Å²) in [6.07, 6.45) is 0. The number of benzene rings is 1. The Morgan fingerprint density at radius 2 is 1.70 bits per heavy atom. The number of H-pyrrole nitrogens is 1. The van der Waals surface area contributed by atoms with E-state index in [0.29, 0.717) is 0 Å². The van der Waals surface area contributed by atoms with E-state index in [4.69, 9.17) is 11.5 Å². The van der Waals surface area contributed by atoms with Crippen molar-refractivity contribution in [3.05, 3.63) is 35.5 Å². The summed E-state index contributed by atoms with van der Waals surface area (Å²) in [5.74, 6) is -2.63. The van der Waals surface area contributed by atoms with Crippen LogP contribution in [0.5, 0.6) is 0 Å². The Balaban J connectivity index is 2.31. The van der Waals surface area contributed by atoms with Crippen LogP contribution < -0.4 is 16.8 Å². The van der Waals surface area contributed by atoms with E-state index in [1.54, 1.807) is 6.07 Å². The third-order valence-corrected chi connectivity index (χ3v) is 3.58. The molecule has 0 fully saturated rings. The zero-order valence-corrected chi connectivity index (χ0v) is 13.3. The normalized spacial score (nSPS) is 11.7. The van der Waals surface area contributed by atoms with Gasteiger partial charge in [0.15, 0.2) is 6.04 Å². The number of aromatic nitrogens is 1. The topological polar surface area (TPSA) is 131 Å². The Hall–Kier alpha value is -2.83. The molecule has 2 aromatic rings. The average Bonchev–Trinajstić information content (AvgIpc) is 2.85. The first-order chi connectivity index (χ1) is 10.6. The predicted molar refractivity (Wildman–Crippen MR) is 86.6 cm³/mol. The van der Waals surface area contributed by atoms with E-state index in [1.807, 2.05) is 18.2 Å². The smallest absolute Gasteiger partial charge is 0.268 e. The van der Waals surface area contributed by atoms with Gasteiger partial charge in [0.05, 0.1) is 0 Å². The van der Waals surface area contributed by atoms with E-state index >= 15 is 0 Å². The molecule has 7 heteroatoms. The van der Waals surface area contributed by atoms with E-state index in [9.17, 15) is 14.4 Å². The second-order valence-electron chi connectivity index (χ2n) is 6.45. The lowest BCUT2D eigenvalue weighted by Crippen LogP contribution is -2.52. The highest BCUT2D eigenvalue weighted by Crippen LogP contribution is 2.26. The number of primary amides is 2. The van der Waals surface area contributed by atoms with E-state index in [0.717, 1.165) is 16.5 Å². The maximum Gasteiger partial charge on any atom is 0.268 e. The van der Waals surface area contributed by atoms with Crippen molar-refractivity contribution in [1.82, 2.24) is 10.3 Å². The third kappa shape index (κ3) is 3.50. The van der Waals surface area contributed by atoms with Crippen LogP contribution in [0.15, 0.2) is 24.3 Å². The molecule has 23 heavy (non-hydrogen) atoms. The van der Waals surface area contributed by atoms with Crippen molar-refractivity contribution in [3.63, 3.8) is 0 Å². The molecule has 1 aromatic carbocycles. The zero-order chi connectivity index (χ0) is 17.4. The van der Waals surface area contributed by atoms with Gasteiger partial charge in [0.25, 0.3) is 5.91 Å². The van der Waals surface area contributed by atoms with Gasteiger partial charge in [0.1, 0.15) is 5.69 Å². The number of hydrogen-bond donors (Lipinski definition) is 4. The van der Waals surface area contributed by atoms with Gasteiger partial charge in [-0.2, -0.15) is 0 Å². The van der Waals surface area contributed by atoms with Gasteiger partial charge in [-0.25, -0.2) is 0 Å². The van der Waals surface area contributed by atoms with Crippen molar-refractivity contribution in [3.8, 4) is 0 Å². The molecule has 3 amide bonds. The largest absolute Gasteiger partial charge is 0.367 e. The number of nitrogens with two attached hydrogens (primary N) is 2. The van der Waals surface area contributed by atoms with Crippen molar-refractivity contribution in [1.29, 1.82) is 0 Å². The maximum absolute atomic E-state index is 12.2. The molecule has 0 aliphatic rings. The first-order valence-corrected chi connectivity index (χ1v) is 7.12. The van der Waals surface area contributed by atoms with Crippen molar-refractivity contribution in [2.45, 2.75) is 32.2 Å². The second kappa shape index (κ2) is 5.75. The molecule has 0 saturated carbocycles. The fourth-order valence-electron chi connectivity index (χ4n) is 2.21. The van der Waals surface area contributed by atoms with Crippen molar-refractivity contribution in [2.75, 3.05) is 0 Å². The number of rotatable bonds is 4. The second-order valence-corrected chi connectivity index (χ2v) is 6.45. The van der Waals surface area contributed by atoms with Crippen LogP contribution in [-0.4, -0.2) is 28.7 Å². The molecule has 7 nitrogen and oxygen atoms in total. The molecule has 0 spiro atoms. The van der Waals surface area contributed by atoms with Crippen molar-refractivity contribution < 1.29 is 14.4 Å². The fourth-order valence-corrected chi connectivity index (χ4v) is 2.21. The van der Waals surface area contributed by atoms with E-state index < -0.39 is 23.8 Å². The molecule has 0 unspecified atom stereocenters. The molecule has 0 bridgehead atoms. The Labute approximate surface area is 133 Å². The molecule has 1 aromatic heterocycles. The minimum atomic E-state index is -1.54. The zero-order valence-electron chi connectivity index (χ0n) is 13.3. The third-order valence-electron chi connectivity index (χ3n) is 3.58. The number of nitrogens with one attached hydrogen (secondary N) is 2. The first-order valence-electron chi connectivity index (χ1n) is 7.12. The van der Waals surface area contributed by atoms with Crippen LogP contribution in [0.4, 0.5) is 0 Å². The molecule has 0 atom stereocenters. The summed E-state index contributed by atoms with van der Waals surface area (Å²) in [4.78, 5) is 37.4. The Morgan fingerprint density at radius 3 is 2.22 bits per heavy atom. The molecule has 0 aliphatic carbocycles. The summed E-state index contributed by atoms with van der Waals surface area (Å²) in [6.45, 7) is 6.28. The number of fused-ring (bicyclic) bond motifs is 1. The lowest BCUT2D eigenvalue weighted by molar-refractivity contribution is -0.128. The highest BCUT2D eigenvalue weighted by Gasteiger charge is 2.25. The summed E-state index contributed by atoms with van der Waals surface area (Å²) in [5, 5.41) is 3.06. The van der Waals surface area contributed by atoms with Gasteiger partial charge in [0.2, 0.25) is 11.8 Å². The van der Waals surface area contributed by atoms with Gasteiger partial charge in [-0.15, -0.1) is 0 Å². The minimum absolute atomic E-state index is 0.0231. The highest BCUT2D eigenvalue weighted by molar-refractivity contribution is 6.08. The van der Waals surface area contributed by atoms with Crippen molar-refractivity contribution in [2.24, 2.45) is 11.5 Å². The van der Waals surface area contributed by atoms with E-state index in [-0.39, 0.29) is 11.1 Å². The summed E-state index contributed by atoms with van der Waals surface area (Å²) in [6, 6.07) is 5.96. The average molecular weight is 316 g/mol. The van der Waals surface area contributed by atoms with Gasteiger partial charge >= 0.3 is 0 Å². The number of carbonyl (C=O) groups excluding carboxylic acids is 3. The molecule has 2 rings (SSSR count). The Morgan fingerprint density at radius 1 is 1.09 bits per heavy atom. The van der Waals surface area contributed by atoms with Crippen LogP contribution >= 0.6 is 0 Å².